The average molecular weight is 361 g/mol. The molecule has 0 aliphatic rings. The van der Waals surface area contributed by atoms with E-state index in [1.807, 2.05) is 0 Å². The Balaban J connectivity index is 2.05. The van der Waals surface area contributed by atoms with E-state index in [1.54, 1.807) is 6.07 Å². The fourth-order valence-corrected chi connectivity index (χ4v) is 2.66. The first-order chi connectivity index (χ1) is 11.8. The summed E-state index contributed by atoms with van der Waals surface area (Å²) in [6, 6.07) is 11.5. The number of nitrogens with zero attached hydrogens (tertiary/aromatic N) is 1. The first kappa shape index (κ1) is 18.3. The van der Waals surface area contributed by atoms with Crippen molar-refractivity contribution in [2.75, 3.05) is 12.4 Å². The van der Waals surface area contributed by atoms with Gasteiger partial charge in [0.05, 0.1) is 9.82 Å². The normalized spacial score (nSPS) is 11.4. The van der Waals surface area contributed by atoms with Gasteiger partial charge in [-0.05, 0) is 43.0 Å². The Morgan fingerprint density at radius 3 is 2.44 bits per heavy atom. The zero-order valence-corrected chi connectivity index (χ0v) is 14.0. The summed E-state index contributed by atoms with van der Waals surface area (Å²) in [5.74, 6) is -0.448. The van der Waals surface area contributed by atoms with Crippen LogP contribution in [0.4, 0.5) is 11.4 Å². The van der Waals surface area contributed by atoms with E-state index in [9.17, 15) is 23.3 Å². The summed E-state index contributed by atoms with van der Waals surface area (Å²) in [5, 5.41) is 13.3. The summed E-state index contributed by atoms with van der Waals surface area (Å²) in [4.78, 5) is 22.2. The Labute approximate surface area is 144 Å². The second-order valence-corrected chi connectivity index (χ2v) is 6.79. The van der Waals surface area contributed by atoms with Crippen molar-refractivity contribution in [3.05, 3.63) is 70.3 Å². The topological polar surface area (TPSA) is 118 Å². The second-order valence-electron chi connectivity index (χ2n) is 4.91. The number of nitro benzene ring substituents is 1. The van der Waals surface area contributed by atoms with Crippen molar-refractivity contribution in [1.82, 2.24) is 4.72 Å². The maximum absolute atomic E-state index is 11.9. The fourth-order valence-electron chi connectivity index (χ4n) is 1.93. The van der Waals surface area contributed by atoms with Crippen molar-refractivity contribution in [3.63, 3.8) is 0 Å². The van der Waals surface area contributed by atoms with Crippen molar-refractivity contribution in [3.8, 4) is 0 Å². The Hall–Kier alpha value is -3.04. The molecule has 0 aliphatic heterocycles. The molecule has 2 N–H and O–H groups in total. The lowest BCUT2D eigenvalue weighted by Gasteiger charge is -2.05. The molecule has 0 unspecified atom stereocenters. The second kappa shape index (κ2) is 7.69. The molecule has 2 rings (SSSR count). The monoisotopic (exact) mass is 361 g/mol. The number of anilines is 1. The lowest BCUT2D eigenvalue weighted by molar-refractivity contribution is -0.384. The number of hydrogen-bond donors (Lipinski definition) is 2. The van der Waals surface area contributed by atoms with Crippen molar-refractivity contribution >= 4 is 33.4 Å². The third kappa shape index (κ3) is 4.96. The molecule has 0 saturated heterocycles. The average Bonchev–Trinajstić information content (AvgIpc) is 2.60. The molecule has 9 heteroatoms. The summed E-state index contributed by atoms with van der Waals surface area (Å²) in [6.07, 6.45) is 2.68. The molecule has 2 aromatic rings. The highest BCUT2D eigenvalue weighted by molar-refractivity contribution is 7.89. The minimum Gasteiger partial charge on any atom is -0.323 e. The molecule has 130 valence electrons. The molecule has 0 aromatic heterocycles. The van der Waals surface area contributed by atoms with Crippen LogP contribution < -0.4 is 10.0 Å². The molecule has 0 fully saturated rings. The number of benzene rings is 2. The van der Waals surface area contributed by atoms with Crippen LogP contribution in [0.5, 0.6) is 0 Å². The molecule has 2 aromatic carbocycles. The largest absolute Gasteiger partial charge is 0.323 e. The maximum atomic E-state index is 11.9. The molecule has 0 heterocycles. The molecule has 1 amide bonds. The summed E-state index contributed by atoms with van der Waals surface area (Å²) in [7, 11) is -2.22. The van der Waals surface area contributed by atoms with Gasteiger partial charge in [-0.25, -0.2) is 13.1 Å². The molecule has 0 atom stereocenters. The fraction of sp³-hybridized carbons (Fsp3) is 0.0625. The minimum absolute atomic E-state index is 0.0658. The van der Waals surface area contributed by atoms with E-state index < -0.39 is 20.9 Å². The molecule has 25 heavy (non-hydrogen) atoms. The van der Waals surface area contributed by atoms with Gasteiger partial charge in [0.1, 0.15) is 0 Å². The maximum Gasteiger partial charge on any atom is 0.270 e. The van der Waals surface area contributed by atoms with Crippen molar-refractivity contribution in [2.45, 2.75) is 4.90 Å². The predicted molar refractivity (Wildman–Crippen MR) is 93.4 cm³/mol. The molecule has 0 spiro atoms. The van der Waals surface area contributed by atoms with Gasteiger partial charge in [-0.15, -0.1) is 0 Å². The van der Waals surface area contributed by atoms with Crippen molar-refractivity contribution in [2.24, 2.45) is 0 Å². The third-order valence-electron chi connectivity index (χ3n) is 3.21. The van der Waals surface area contributed by atoms with E-state index in [-0.39, 0.29) is 10.6 Å². The van der Waals surface area contributed by atoms with Crippen LogP contribution in [-0.4, -0.2) is 26.3 Å². The highest BCUT2D eigenvalue weighted by atomic mass is 32.2. The minimum atomic E-state index is -3.53. The molecule has 0 saturated carbocycles. The SMILES string of the molecule is CNS(=O)(=O)c1ccc(NC(=O)/C=C/c2cccc([N+](=O)[O-])c2)cc1. The Kier molecular flexibility index (Phi) is 5.63. The van der Waals surface area contributed by atoms with Gasteiger partial charge in [-0.3, -0.25) is 14.9 Å². The van der Waals surface area contributed by atoms with E-state index in [2.05, 4.69) is 10.0 Å². The van der Waals surface area contributed by atoms with Gasteiger partial charge < -0.3 is 5.32 Å². The van der Waals surface area contributed by atoms with Crippen LogP contribution in [0, 0.1) is 10.1 Å². The molecule has 0 radical (unpaired) electrons. The number of nitrogens with one attached hydrogen (secondary N) is 2. The Morgan fingerprint density at radius 2 is 1.84 bits per heavy atom. The highest BCUT2D eigenvalue weighted by Crippen LogP contribution is 2.15. The van der Waals surface area contributed by atoms with E-state index in [4.69, 9.17) is 0 Å². The van der Waals surface area contributed by atoms with Gasteiger partial charge in [0.15, 0.2) is 0 Å². The van der Waals surface area contributed by atoms with Crippen molar-refractivity contribution in [1.29, 1.82) is 0 Å². The third-order valence-corrected chi connectivity index (χ3v) is 4.64. The van der Waals surface area contributed by atoms with E-state index in [0.717, 1.165) is 0 Å². The summed E-state index contributed by atoms with van der Waals surface area (Å²) in [6.45, 7) is 0. The number of non-ortho nitro benzene ring substituents is 1. The zero-order chi connectivity index (χ0) is 18.4. The van der Waals surface area contributed by atoms with E-state index in [0.29, 0.717) is 11.3 Å². The zero-order valence-electron chi connectivity index (χ0n) is 13.2. The summed E-state index contributed by atoms with van der Waals surface area (Å²) >= 11 is 0. The molecule has 0 aliphatic carbocycles. The standard InChI is InChI=1S/C16H15N3O5S/c1-17-25(23,24)15-8-6-13(7-9-15)18-16(20)10-5-12-3-2-4-14(11-12)19(21)22/h2-11,17H,1H3,(H,18,20)/b10-5+. The summed E-state index contributed by atoms with van der Waals surface area (Å²) in [5.41, 5.74) is 0.868. The van der Waals surface area contributed by atoms with Gasteiger partial charge >= 0.3 is 0 Å². The Morgan fingerprint density at radius 1 is 1.16 bits per heavy atom. The van der Waals surface area contributed by atoms with E-state index in [1.165, 1.54) is 61.7 Å². The van der Waals surface area contributed by atoms with Crippen LogP contribution in [0.1, 0.15) is 5.56 Å². The lowest BCUT2D eigenvalue weighted by atomic mass is 10.2. The molecular formula is C16H15N3O5S. The predicted octanol–water partition coefficient (Wildman–Crippen LogP) is 2.15. The van der Waals surface area contributed by atoms with Crippen LogP contribution in [-0.2, 0) is 14.8 Å². The first-order valence-electron chi connectivity index (χ1n) is 7.09. The number of hydrogen-bond acceptors (Lipinski definition) is 5. The number of amides is 1. The van der Waals surface area contributed by atoms with Crippen LogP contribution >= 0.6 is 0 Å². The van der Waals surface area contributed by atoms with E-state index >= 15 is 0 Å². The van der Waals surface area contributed by atoms with Gasteiger partial charge in [0.2, 0.25) is 15.9 Å². The Bertz CT molecular complexity index is 921. The first-order valence-corrected chi connectivity index (χ1v) is 8.57. The highest BCUT2D eigenvalue weighted by Gasteiger charge is 2.10. The quantitative estimate of drug-likeness (QED) is 0.464. The number of carbonyl (C=O) groups excluding carboxylic acids is 1. The van der Waals surface area contributed by atoms with Gasteiger partial charge in [0, 0.05) is 23.9 Å². The number of carbonyl (C=O) groups is 1. The van der Waals surface area contributed by atoms with Gasteiger partial charge in [-0.1, -0.05) is 12.1 Å². The van der Waals surface area contributed by atoms with Crippen LogP contribution in [0.2, 0.25) is 0 Å². The van der Waals surface area contributed by atoms with Crippen LogP contribution in [0.3, 0.4) is 0 Å². The van der Waals surface area contributed by atoms with Crippen LogP contribution in [0.15, 0.2) is 59.5 Å². The number of sulfonamides is 1. The summed E-state index contributed by atoms with van der Waals surface area (Å²) < 4.78 is 25.4. The molecule has 8 nitrogen and oxygen atoms in total. The van der Waals surface area contributed by atoms with Gasteiger partial charge in [0.25, 0.3) is 5.69 Å². The smallest absolute Gasteiger partial charge is 0.270 e. The molecule has 0 bridgehead atoms. The van der Waals surface area contributed by atoms with Crippen molar-refractivity contribution < 1.29 is 18.1 Å². The lowest BCUT2D eigenvalue weighted by Crippen LogP contribution is -2.18. The number of nitro groups is 1. The number of rotatable bonds is 6. The molecular weight excluding hydrogens is 346 g/mol. The van der Waals surface area contributed by atoms with Crippen LogP contribution in [0.25, 0.3) is 6.08 Å². The van der Waals surface area contributed by atoms with Gasteiger partial charge in [-0.2, -0.15) is 0 Å².